The van der Waals surface area contributed by atoms with Crippen LogP contribution >= 0.6 is 30.9 Å². The predicted octanol–water partition coefficient (Wildman–Crippen LogP) is 3.05. The molecule has 0 bridgehead atoms. The summed E-state index contributed by atoms with van der Waals surface area (Å²) in [4.78, 5) is 0. The minimum Gasteiger partial charge on any atom is -0.298 e. The van der Waals surface area contributed by atoms with E-state index >= 15 is 0 Å². The maximum atomic E-state index is 12.7. The maximum absolute atomic E-state index is 12.7. The van der Waals surface area contributed by atoms with Crippen LogP contribution in [0.3, 0.4) is 0 Å². The first-order valence-electron chi connectivity index (χ1n) is 5.93. The van der Waals surface area contributed by atoms with Crippen molar-refractivity contribution < 1.29 is 9.09 Å². The lowest BCUT2D eigenvalue weighted by molar-refractivity contribution is 0.106. The molecule has 1 N–H and O–H groups in total. The molecule has 4 nitrogen and oxygen atoms in total. The molecule has 0 aromatic carbocycles. The normalized spacial score (nSPS) is 33.5. The molecule has 1 aliphatic rings. The molecule has 7 heteroatoms. The summed E-state index contributed by atoms with van der Waals surface area (Å²) in [6, 6.07) is 0. The average Bonchev–Trinajstić information content (AvgIpc) is 2.56. The van der Waals surface area contributed by atoms with Crippen molar-refractivity contribution in [1.29, 1.82) is 0 Å². The van der Waals surface area contributed by atoms with Crippen LogP contribution in [-0.2, 0) is 9.09 Å². The first-order chi connectivity index (χ1) is 7.99. The molecule has 2 atom stereocenters. The van der Waals surface area contributed by atoms with E-state index in [1.165, 1.54) is 0 Å². The Labute approximate surface area is 114 Å². The topological polar surface area (TPSA) is 41.6 Å². The zero-order valence-electron chi connectivity index (χ0n) is 10.4. The summed E-state index contributed by atoms with van der Waals surface area (Å²) in [6.07, 6.45) is 1.89. The highest BCUT2D eigenvalue weighted by atomic mass is 35.5. The van der Waals surface area contributed by atoms with Crippen molar-refractivity contribution in [1.82, 2.24) is 9.76 Å². The fraction of sp³-hybridized carbons (Fsp3) is 1.00. The van der Waals surface area contributed by atoms with Crippen molar-refractivity contribution >= 4 is 30.9 Å². The molecule has 0 spiro atoms. The van der Waals surface area contributed by atoms with Gasteiger partial charge in [0.15, 0.2) is 0 Å². The molecule has 0 aromatic heterocycles. The molecule has 0 radical (unpaired) electrons. The van der Waals surface area contributed by atoms with Gasteiger partial charge < -0.3 is 0 Å². The SMILES string of the molecule is CCCC1(C)CNP(=O)(N(CCCl)CCCl)O1. The summed E-state index contributed by atoms with van der Waals surface area (Å²) >= 11 is 11.4. The summed E-state index contributed by atoms with van der Waals surface area (Å²) < 4.78 is 20.2. The number of rotatable bonds is 7. The molecule has 1 fully saturated rings. The van der Waals surface area contributed by atoms with E-state index in [1.807, 2.05) is 6.92 Å². The largest absolute Gasteiger partial charge is 0.344 e. The quantitative estimate of drug-likeness (QED) is 0.580. The molecule has 0 aliphatic carbocycles. The van der Waals surface area contributed by atoms with Crippen LogP contribution in [0.5, 0.6) is 0 Å². The zero-order chi connectivity index (χ0) is 12.9. The molecule has 1 aliphatic heterocycles. The highest BCUT2D eigenvalue weighted by molar-refractivity contribution is 7.54. The van der Waals surface area contributed by atoms with Crippen LogP contribution in [0.4, 0.5) is 0 Å². The second kappa shape index (κ2) is 6.74. The van der Waals surface area contributed by atoms with E-state index in [0.29, 0.717) is 31.4 Å². The molecule has 1 heterocycles. The van der Waals surface area contributed by atoms with E-state index in [9.17, 15) is 4.57 Å². The third-order valence-electron chi connectivity index (χ3n) is 2.83. The maximum Gasteiger partial charge on any atom is 0.344 e. The summed E-state index contributed by atoms with van der Waals surface area (Å²) in [6.45, 7) is 5.72. The van der Waals surface area contributed by atoms with Crippen LogP contribution in [-0.4, -0.2) is 41.7 Å². The van der Waals surface area contributed by atoms with Crippen molar-refractivity contribution in [3.8, 4) is 0 Å². The lowest BCUT2D eigenvalue weighted by Crippen LogP contribution is -2.29. The van der Waals surface area contributed by atoms with Crippen LogP contribution in [0, 0.1) is 0 Å². The average molecular weight is 303 g/mol. The van der Waals surface area contributed by atoms with E-state index in [0.717, 1.165) is 12.8 Å². The molecular formula is C10H21Cl2N2O2P. The van der Waals surface area contributed by atoms with Crippen molar-refractivity contribution in [2.45, 2.75) is 32.3 Å². The number of alkyl halides is 2. The number of nitrogens with zero attached hydrogens (tertiary/aromatic N) is 1. The Hall–Kier alpha value is 0.690. The van der Waals surface area contributed by atoms with Crippen LogP contribution in [0.1, 0.15) is 26.7 Å². The summed E-state index contributed by atoms with van der Waals surface area (Å²) in [5.41, 5.74) is -0.346. The zero-order valence-corrected chi connectivity index (χ0v) is 12.8. The van der Waals surface area contributed by atoms with Crippen molar-refractivity contribution in [3.63, 3.8) is 0 Å². The number of hydrogen-bond donors (Lipinski definition) is 1. The Kier molecular flexibility index (Phi) is 6.24. The standard InChI is InChI=1S/C10H21Cl2N2O2P/c1-3-4-10(2)9-13-17(15,16-10)14(7-5-11)8-6-12/h3-9H2,1-2H3,(H,13,15). The Morgan fingerprint density at radius 3 is 2.47 bits per heavy atom. The van der Waals surface area contributed by atoms with E-state index in [-0.39, 0.29) is 5.60 Å². The van der Waals surface area contributed by atoms with Gasteiger partial charge in [0.05, 0.1) is 5.60 Å². The molecule has 0 aromatic rings. The van der Waals surface area contributed by atoms with Gasteiger partial charge in [-0.15, -0.1) is 23.2 Å². The molecule has 102 valence electrons. The number of nitrogens with one attached hydrogen (secondary N) is 1. The Balaban J connectivity index is 2.71. The highest BCUT2D eigenvalue weighted by Crippen LogP contribution is 2.55. The van der Waals surface area contributed by atoms with Crippen LogP contribution in [0.2, 0.25) is 0 Å². The van der Waals surface area contributed by atoms with Gasteiger partial charge in [0, 0.05) is 31.4 Å². The first kappa shape index (κ1) is 15.7. The van der Waals surface area contributed by atoms with Gasteiger partial charge in [0.2, 0.25) is 0 Å². The van der Waals surface area contributed by atoms with Gasteiger partial charge >= 0.3 is 7.67 Å². The lowest BCUT2D eigenvalue weighted by atomic mass is 10.0. The number of hydrogen-bond acceptors (Lipinski definition) is 2. The lowest BCUT2D eigenvalue weighted by Gasteiger charge is -2.28. The van der Waals surface area contributed by atoms with E-state index in [2.05, 4.69) is 12.0 Å². The molecule has 2 unspecified atom stereocenters. The van der Waals surface area contributed by atoms with Crippen LogP contribution in [0.25, 0.3) is 0 Å². The van der Waals surface area contributed by atoms with Gasteiger partial charge in [-0.3, -0.25) is 9.09 Å². The van der Waals surface area contributed by atoms with Gasteiger partial charge in [-0.2, -0.15) is 0 Å². The second-order valence-corrected chi connectivity index (χ2v) is 7.34. The predicted molar refractivity (Wildman–Crippen MR) is 73.0 cm³/mol. The monoisotopic (exact) mass is 302 g/mol. The summed E-state index contributed by atoms with van der Waals surface area (Å²) in [5, 5.41) is 3.02. The van der Waals surface area contributed by atoms with Gasteiger partial charge in [-0.25, -0.2) is 9.76 Å². The minimum atomic E-state index is -2.95. The summed E-state index contributed by atoms with van der Waals surface area (Å²) in [7, 11) is -2.95. The van der Waals surface area contributed by atoms with E-state index < -0.39 is 7.67 Å². The van der Waals surface area contributed by atoms with Gasteiger partial charge in [-0.1, -0.05) is 13.3 Å². The number of halogens is 2. The Morgan fingerprint density at radius 1 is 1.41 bits per heavy atom. The van der Waals surface area contributed by atoms with Crippen LogP contribution < -0.4 is 5.09 Å². The van der Waals surface area contributed by atoms with Crippen LogP contribution in [0.15, 0.2) is 0 Å². The summed E-state index contributed by atoms with van der Waals surface area (Å²) in [5.74, 6) is 0.826. The first-order valence-corrected chi connectivity index (χ1v) is 8.57. The highest BCUT2D eigenvalue weighted by Gasteiger charge is 2.46. The fourth-order valence-corrected chi connectivity index (χ4v) is 5.06. The van der Waals surface area contributed by atoms with Gasteiger partial charge in [0.25, 0.3) is 0 Å². The van der Waals surface area contributed by atoms with Gasteiger partial charge in [0.1, 0.15) is 0 Å². The van der Waals surface area contributed by atoms with Crippen molar-refractivity contribution in [3.05, 3.63) is 0 Å². The second-order valence-electron chi connectivity index (χ2n) is 4.48. The Bertz CT molecular complexity index is 287. The molecule has 1 saturated heterocycles. The fourth-order valence-electron chi connectivity index (χ4n) is 2.02. The van der Waals surface area contributed by atoms with E-state index in [4.69, 9.17) is 27.7 Å². The third kappa shape index (κ3) is 4.09. The molecule has 1 rings (SSSR count). The Morgan fingerprint density at radius 2 is 2.00 bits per heavy atom. The minimum absolute atomic E-state index is 0.346. The third-order valence-corrected chi connectivity index (χ3v) is 5.56. The van der Waals surface area contributed by atoms with E-state index in [1.54, 1.807) is 4.67 Å². The van der Waals surface area contributed by atoms with Crippen molar-refractivity contribution in [2.24, 2.45) is 0 Å². The molecule has 0 saturated carbocycles. The molecule has 17 heavy (non-hydrogen) atoms. The van der Waals surface area contributed by atoms with Crippen molar-refractivity contribution in [2.75, 3.05) is 31.4 Å². The van der Waals surface area contributed by atoms with Gasteiger partial charge in [-0.05, 0) is 13.3 Å². The molecule has 0 amide bonds. The molecular weight excluding hydrogens is 282 g/mol. The smallest absolute Gasteiger partial charge is 0.298 e.